The fourth-order valence-electron chi connectivity index (χ4n) is 2.02. The zero-order valence-electron chi connectivity index (χ0n) is 11.3. The molecule has 1 unspecified atom stereocenters. The molecule has 0 aromatic carbocycles. The second-order valence-corrected chi connectivity index (χ2v) is 5.72. The van der Waals surface area contributed by atoms with Crippen LogP contribution in [0, 0.1) is 0 Å². The summed E-state index contributed by atoms with van der Waals surface area (Å²) >= 11 is 0. The van der Waals surface area contributed by atoms with Crippen molar-refractivity contribution in [1.82, 2.24) is 10.6 Å². The largest absolute Gasteiger partial charge is 0.444 e. The number of carbonyl (C=O) groups is 1. The highest BCUT2D eigenvalue weighted by atomic mass is 16.6. The maximum Gasteiger partial charge on any atom is 0.407 e. The maximum atomic E-state index is 11.4. The standard InChI is InChI=1S/C13H26N2O2/c1-13(2,3)17-12(16)15-10-6-8-11-7-4-5-9-14-11/h11,14H,4-10H2,1-3H3,(H,15,16). The molecule has 0 radical (unpaired) electrons. The fourth-order valence-corrected chi connectivity index (χ4v) is 2.02. The smallest absolute Gasteiger partial charge is 0.407 e. The van der Waals surface area contributed by atoms with Gasteiger partial charge in [-0.2, -0.15) is 0 Å². The minimum atomic E-state index is -0.408. The van der Waals surface area contributed by atoms with Crippen LogP contribution in [0.25, 0.3) is 0 Å². The fraction of sp³-hybridized carbons (Fsp3) is 0.923. The van der Waals surface area contributed by atoms with Crippen molar-refractivity contribution >= 4 is 6.09 Å². The van der Waals surface area contributed by atoms with Gasteiger partial charge >= 0.3 is 6.09 Å². The van der Waals surface area contributed by atoms with Gasteiger partial charge in [-0.1, -0.05) is 6.42 Å². The molecule has 1 fully saturated rings. The summed E-state index contributed by atoms with van der Waals surface area (Å²) in [5, 5.41) is 6.29. The Bertz CT molecular complexity index is 230. The molecule has 1 rings (SSSR count). The van der Waals surface area contributed by atoms with Gasteiger partial charge in [-0.3, -0.25) is 0 Å². The van der Waals surface area contributed by atoms with Crippen molar-refractivity contribution in [1.29, 1.82) is 0 Å². The number of alkyl carbamates (subject to hydrolysis) is 1. The molecule has 0 bridgehead atoms. The van der Waals surface area contributed by atoms with Gasteiger partial charge in [0.05, 0.1) is 0 Å². The van der Waals surface area contributed by atoms with Gasteiger partial charge in [-0.15, -0.1) is 0 Å². The first-order valence-electron chi connectivity index (χ1n) is 6.67. The van der Waals surface area contributed by atoms with E-state index in [0.717, 1.165) is 19.4 Å². The van der Waals surface area contributed by atoms with Crippen LogP contribution in [0.4, 0.5) is 4.79 Å². The monoisotopic (exact) mass is 242 g/mol. The molecular formula is C13H26N2O2. The van der Waals surface area contributed by atoms with Crippen LogP contribution in [-0.4, -0.2) is 30.8 Å². The van der Waals surface area contributed by atoms with E-state index >= 15 is 0 Å². The average molecular weight is 242 g/mol. The van der Waals surface area contributed by atoms with Gasteiger partial charge in [0.25, 0.3) is 0 Å². The number of rotatable bonds is 4. The van der Waals surface area contributed by atoms with Crippen molar-refractivity contribution in [2.24, 2.45) is 0 Å². The topological polar surface area (TPSA) is 50.4 Å². The minimum Gasteiger partial charge on any atom is -0.444 e. The van der Waals surface area contributed by atoms with Crippen LogP contribution >= 0.6 is 0 Å². The van der Waals surface area contributed by atoms with Crippen molar-refractivity contribution in [3.8, 4) is 0 Å². The maximum absolute atomic E-state index is 11.4. The lowest BCUT2D eigenvalue weighted by molar-refractivity contribution is 0.0526. The molecule has 0 spiro atoms. The lowest BCUT2D eigenvalue weighted by Gasteiger charge is -2.23. The summed E-state index contributed by atoms with van der Waals surface area (Å²) in [4.78, 5) is 11.4. The molecule has 0 saturated carbocycles. The summed E-state index contributed by atoms with van der Waals surface area (Å²) in [5.74, 6) is 0. The molecule has 1 atom stereocenters. The third-order valence-corrected chi connectivity index (χ3v) is 2.81. The molecule has 2 N–H and O–H groups in total. The molecule has 4 heteroatoms. The Labute approximate surface area is 104 Å². The van der Waals surface area contributed by atoms with Crippen LogP contribution in [0.5, 0.6) is 0 Å². The lowest BCUT2D eigenvalue weighted by atomic mass is 10.0. The quantitative estimate of drug-likeness (QED) is 0.744. The van der Waals surface area contributed by atoms with Crippen molar-refractivity contribution < 1.29 is 9.53 Å². The number of nitrogens with one attached hydrogen (secondary N) is 2. The molecule has 0 aliphatic carbocycles. The first-order chi connectivity index (χ1) is 7.97. The molecule has 100 valence electrons. The van der Waals surface area contributed by atoms with Gasteiger partial charge < -0.3 is 15.4 Å². The molecule has 1 aliphatic rings. The normalized spacial score (nSPS) is 21.0. The highest BCUT2D eigenvalue weighted by Crippen LogP contribution is 2.11. The zero-order chi connectivity index (χ0) is 12.7. The summed E-state index contributed by atoms with van der Waals surface area (Å²) in [7, 11) is 0. The Morgan fingerprint density at radius 3 is 2.76 bits per heavy atom. The van der Waals surface area contributed by atoms with E-state index in [1.807, 2.05) is 20.8 Å². The molecular weight excluding hydrogens is 216 g/mol. The van der Waals surface area contributed by atoms with Crippen LogP contribution in [-0.2, 0) is 4.74 Å². The summed E-state index contributed by atoms with van der Waals surface area (Å²) in [6.07, 6.45) is 5.73. The third-order valence-electron chi connectivity index (χ3n) is 2.81. The van der Waals surface area contributed by atoms with Gasteiger partial charge in [-0.05, 0) is 53.0 Å². The van der Waals surface area contributed by atoms with Crippen LogP contribution in [0.3, 0.4) is 0 Å². The first kappa shape index (κ1) is 14.3. The van der Waals surface area contributed by atoms with E-state index in [0.29, 0.717) is 12.6 Å². The summed E-state index contributed by atoms with van der Waals surface area (Å²) < 4.78 is 5.16. The van der Waals surface area contributed by atoms with Gasteiger partial charge in [0.1, 0.15) is 5.60 Å². The number of hydrogen-bond acceptors (Lipinski definition) is 3. The van der Waals surface area contributed by atoms with E-state index < -0.39 is 5.60 Å². The highest BCUT2D eigenvalue weighted by Gasteiger charge is 2.16. The second kappa shape index (κ2) is 6.84. The molecule has 1 amide bonds. The number of piperidine rings is 1. The molecule has 1 heterocycles. The Kier molecular flexibility index (Phi) is 5.75. The first-order valence-corrected chi connectivity index (χ1v) is 6.67. The van der Waals surface area contributed by atoms with Gasteiger partial charge in [0.15, 0.2) is 0 Å². The van der Waals surface area contributed by atoms with E-state index in [9.17, 15) is 4.79 Å². The Hall–Kier alpha value is -0.770. The Balaban J connectivity index is 2.01. The number of carbonyl (C=O) groups excluding carboxylic acids is 1. The molecule has 17 heavy (non-hydrogen) atoms. The summed E-state index contributed by atoms with van der Waals surface area (Å²) in [5.41, 5.74) is -0.408. The summed E-state index contributed by atoms with van der Waals surface area (Å²) in [6.45, 7) is 7.47. The van der Waals surface area contributed by atoms with Crippen LogP contribution < -0.4 is 10.6 Å². The second-order valence-electron chi connectivity index (χ2n) is 5.72. The van der Waals surface area contributed by atoms with Gasteiger partial charge in [-0.25, -0.2) is 4.79 Å². The van der Waals surface area contributed by atoms with Crippen molar-refractivity contribution in [3.05, 3.63) is 0 Å². The predicted molar refractivity (Wildman–Crippen MR) is 69.1 cm³/mol. The molecule has 0 aromatic heterocycles. The molecule has 1 saturated heterocycles. The van der Waals surface area contributed by atoms with E-state index in [4.69, 9.17) is 4.74 Å². The molecule has 1 aliphatic heterocycles. The van der Waals surface area contributed by atoms with Crippen molar-refractivity contribution in [3.63, 3.8) is 0 Å². The number of hydrogen-bond donors (Lipinski definition) is 2. The van der Waals surface area contributed by atoms with Gasteiger partial charge in [0.2, 0.25) is 0 Å². The zero-order valence-corrected chi connectivity index (χ0v) is 11.3. The van der Waals surface area contributed by atoms with Gasteiger partial charge in [0, 0.05) is 12.6 Å². The Morgan fingerprint density at radius 2 is 2.18 bits per heavy atom. The average Bonchev–Trinajstić information content (AvgIpc) is 2.23. The van der Waals surface area contributed by atoms with Crippen LogP contribution in [0.1, 0.15) is 52.9 Å². The lowest BCUT2D eigenvalue weighted by Crippen LogP contribution is -2.36. The van der Waals surface area contributed by atoms with Crippen molar-refractivity contribution in [2.75, 3.05) is 13.1 Å². The predicted octanol–water partition coefficient (Wildman–Crippen LogP) is 2.43. The SMILES string of the molecule is CC(C)(C)OC(=O)NCCCC1CCCCN1. The molecule has 0 aromatic rings. The number of amides is 1. The van der Waals surface area contributed by atoms with Crippen molar-refractivity contribution in [2.45, 2.75) is 64.5 Å². The van der Waals surface area contributed by atoms with E-state index in [1.165, 1.54) is 19.3 Å². The number of ether oxygens (including phenoxy) is 1. The van der Waals surface area contributed by atoms with E-state index in [1.54, 1.807) is 0 Å². The summed E-state index contributed by atoms with van der Waals surface area (Å²) in [6, 6.07) is 0.643. The van der Waals surface area contributed by atoms with E-state index in [-0.39, 0.29) is 6.09 Å². The van der Waals surface area contributed by atoms with Crippen LogP contribution in [0.2, 0.25) is 0 Å². The Morgan fingerprint density at radius 1 is 1.41 bits per heavy atom. The minimum absolute atomic E-state index is 0.311. The third kappa shape index (κ3) is 7.21. The van der Waals surface area contributed by atoms with E-state index in [2.05, 4.69) is 10.6 Å². The highest BCUT2D eigenvalue weighted by molar-refractivity contribution is 5.67. The molecule has 4 nitrogen and oxygen atoms in total. The van der Waals surface area contributed by atoms with Crippen LogP contribution in [0.15, 0.2) is 0 Å².